The molecule has 0 spiro atoms. The molecule has 96 valence electrons. The quantitative estimate of drug-likeness (QED) is 0.897. The summed E-state index contributed by atoms with van der Waals surface area (Å²) in [6.07, 6.45) is 0. The van der Waals surface area contributed by atoms with E-state index in [4.69, 9.17) is 15.0 Å². The number of benzene rings is 1. The number of nitrogens with zero attached hydrogens (tertiary/aromatic N) is 2. The summed E-state index contributed by atoms with van der Waals surface area (Å²) in [5.41, 5.74) is 6.07. The third-order valence-electron chi connectivity index (χ3n) is 2.41. The van der Waals surface area contributed by atoms with Crippen molar-refractivity contribution in [3.05, 3.63) is 30.2 Å². The van der Waals surface area contributed by atoms with Crippen LogP contribution in [-0.2, 0) is 5.54 Å². The van der Waals surface area contributed by atoms with Crippen LogP contribution in [0, 0.1) is 0 Å². The number of hydrogen-bond donors (Lipinski definition) is 1. The summed E-state index contributed by atoms with van der Waals surface area (Å²) in [7, 11) is 0. The van der Waals surface area contributed by atoms with Gasteiger partial charge in [-0.15, -0.1) is 0 Å². The Morgan fingerprint density at radius 1 is 1.33 bits per heavy atom. The highest BCUT2D eigenvalue weighted by atomic mass is 16.5. The molecule has 2 rings (SSSR count). The lowest BCUT2D eigenvalue weighted by molar-refractivity contribution is 0.312. The Morgan fingerprint density at radius 3 is 2.67 bits per heavy atom. The van der Waals surface area contributed by atoms with Crippen LogP contribution in [0.4, 0.5) is 0 Å². The van der Waals surface area contributed by atoms with E-state index in [9.17, 15) is 0 Å². The Morgan fingerprint density at radius 2 is 2.06 bits per heavy atom. The maximum atomic E-state index is 5.92. The van der Waals surface area contributed by atoms with Gasteiger partial charge in [-0.1, -0.05) is 17.3 Å². The molecule has 0 bridgehead atoms. The zero-order chi connectivity index (χ0) is 13.2. The van der Waals surface area contributed by atoms with E-state index in [-0.39, 0.29) is 0 Å². The van der Waals surface area contributed by atoms with Crippen molar-refractivity contribution in [3.8, 4) is 17.1 Å². The van der Waals surface area contributed by atoms with Crippen LogP contribution in [0.5, 0.6) is 5.75 Å². The Bertz CT molecular complexity index is 529. The van der Waals surface area contributed by atoms with Crippen LogP contribution >= 0.6 is 0 Å². The molecule has 2 aromatic rings. The standard InChI is InChI=1S/C13H17N3O2/c1-4-17-10-8-6-5-7-9(10)11-15-12(18-16-11)13(2,3)14/h5-8H,4,14H2,1-3H3. The van der Waals surface area contributed by atoms with E-state index in [0.29, 0.717) is 18.3 Å². The summed E-state index contributed by atoms with van der Waals surface area (Å²) in [4.78, 5) is 4.31. The van der Waals surface area contributed by atoms with Crippen LogP contribution in [0.3, 0.4) is 0 Å². The highest BCUT2D eigenvalue weighted by Crippen LogP contribution is 2.28. The summed E-state index contributed by atoms with van der Waals surface area (Å²) >= 11 is 0. The highest BCUT2D eigenvalue weighted by Gasteiger charge is 2.23. The molecule has 0 unspecified atom stereocenters. The van der Waals surface area contributed by atoms with Crippen molar-refractivity contribution < 1.29 is 9.26 Å². The summed E-state index contributed by atoms with van der Waals surface area (Å²) in [6, 6.07) is 7.58. The Kier molecular flexibility index (Phi) is 3.34. The predicted molar refractivity (Wildman–Crippen MR) is 68.1 cm³/mol. The van der Waals surface area contributed by atoms with Crippen molar-refractivity contribution >= 4 is 0 Å². The van der Waals surface area contributed by atoms with Crippen molar-refractivity contribution in [1.82, 2.24) is 10.1 Å². The molecule has 2 N–H and O–H groups in total. The first-order valence-electron chi connectivity index (χ1n) is 5.87. The maximum absolute atomic E-state index is 5.92. The maximum Gasteiger partial charge on any atom is 0.246 e. The van der Waals surface area contributed by atoms with Gasteiger partial charge < -0.3 is 15.0 Å². The first-order chi connectivity index (χ1) is 8.52. The average Bonchev–Trinajstić information content (AvgIpc) is 2.79. The van der Waals surface area contributed by atoms with E-state index in [0.717, 1.165) is 11.3 Å². The fraction of sp³-hybridized carbons (Fsp3) is 0.385. The van der Waals surface area contributed by atoms with Crippen LogP contribution < -0.4 is 10.5 Å². The van der Waals surface area contributed by atoms with Crippen LogP contribution in [0.25, 0.3) is 11.4 Å². The van der Waals surface area contributed by atoms with Crippen LogP contribution in [0.2, 0.25) is 0 Å². The van der Waals surface area contributed by atoms with Crippen molar-refractivity contribution in [1.29, 1.82) is 0 Å². The van der Waals surface area contributed by atoms with Crippen molar-refractivity contribution in [2.24, 2.45) is 5.73 Å². The molecule has 0 aliphatic rings. The summed E-state index contributed by atoms with van der Waals surface area (Å²) in [5, 5.41) is 3.95. The van der Waals surface area contributed by atoms with Gasteiger partial charge in [0.05, 0.1) is 17.7 Å². The second-order valence-corrected chi connectivity index (χ2v) is 4.57. The highest BCUT2D eigenvalue weighted by molar-refractivity contribution is 5.63. The minimum Gasteiger partial charge on any atom is -0.493 e. The van der Waals surface area contributed by atoms with Gasteiger partial charge in [-0.25, -0.2) is 0 Å². The molecule has 0 saturated carbocycles. The minimum absolute atomic E-state index is 0.406. The molecule has 0 radical (unpaired) electrons. The number of aromatic nitrogens is 2. The molecule has 1 aromatic heterocycles. The van der Waals surface area contributed by atoms with E-state index in [1.807, 2.05) is 45.0 Å². The van der Waals surface area contributed by atoms with Crippen molar-refractivity contribution in [2.75, 3.05) is 6.61 Å². The molecular formula is C13H17N3O2. The first-order valence-corrected chi connectivity index (χ1v) is 5.87. The normalized spacial score (nSPS) is 11.6. The van der Waals surface area contributed by atoms with E-state index in [1.54, 1.807) is 0 Å². The van der Waals surface area contributed by atoms with Crippen molar-refractivity contribution in [3.63, 3.8) is 0 Å². The average molecular weight is 247 g/mol. The SMILES string of the molecule is CCOc1ccccc1-c1noc(C(C)(C)N)n1. The molecule has 0 amide bonds. The van der Waals surface area contributed by atoms with Crippen molar-refractivity contribution in [2.45, 2.75) is 26.3 Å². The molecule has 1 heterocycles. The minimum atomic E-state index is -0.647. The van der Waals surface area contributed by atoms with E-state index >= 15 is 0 Å². The number of rotatable bonds is 4. The first kappa shape index (κ1) is 12.6. The van der Waals surface area contributed by atoms with Crippen LogP contribution in [0.15, 0.2) is 28.8 Å². The molecule has 5 nitrogen and oxygen atoms in total. The topological polar surface area (TPSA) is 74.2 Å². The molecule has 0 aliphatic carbocycles. The lowest BCUT2D eigenvalue weighted by Crippen LogP contribution is -2.28. The summed E-state index contributed by atoms with van der Waals surface area (Å²) < 4.78 is 10.7. The second kappa shape index (κ2) is 4.78. The van der Waals surface area contributed by atoms with Crippen LogP contribution in [-0.4, -0.2) is 16.7 Å². The van der Waals surface area contributed by atoms with Gasteiger partial charge in [0, 0.05) is 0 Å². The largest absolute Gasteiger partial charge is 0.493 e. The zero-order valence-corrected chi connectivity index (χ0v) is 10.8. The van der Waals surface area contributed by atoms with Gasteiger partial charge in [0.2, 0.25) is 11.7 Å². The fourth-order valence-corrected chi connectivity index (χ4v) is 1.53. The monoisotopic (exact) mass is 247 g/mol. The third kappa shape index (κ3) is 2.51. The number of para-hydroxylation sites is 1. The van der Waals surface area contributed by atoms with Gasteiger partial charge in [-0.2, -0.15) is 4.98 Å². The van der Waals surface area contributed by atoms with E-state index < -0.39 is 5.54 Å². The van der Waals surface area contributed by atoms with Gasteiger partial charge in [-0.05, 0) is 32.9 Å². The molecule has 1 aromatic carbocycles. The summed E-state index contributed by atoms with van der Waals surface area (Å²) in [5.74, 6) is 1.64. The number of hydrogen-bond acceptors (Lipinski definition) is 5. The Hall–Kier alpha value is -1.88. The summed E-state index contributed by atoms with van der Waals surface area (Å²) in [6.45, 7) is 6.16. The van der Waals surface area contributed by atoms with Crippen LogP contribution in [0.1, 0.15) is 26.7 Å². The van der Waals surface area contributed by atoms with E-state index in [2.05, 4.69) is 10.1 Å². The third-order valence-corrected chi connectivity index (χ3v) is 2.41. The number of ether oxygens (including phenoxy) is 1. The molecule has 0 saturated heterocycles. The molecule has 18 heavy (non-hydrogen) atoms. The fourth-order valence-electron chi connectivity index (χ4n) is 1.53. The Balaban J connectivity index is 2.40. The Labute approximate surface area is 106 Å². The zero-order valence-electron chi connectivity index (χ0n) is 10.8. The lowest BCUT2D eigenvalue weighted by atomic mass is 10.1. The predicted octanol–water partition coefficient (Wildman–Crippen LogP) is 2.33. The van der Waals surface area contributed by atoms with Gasteiger partial charge >= 0.3 is 0 Å². The lowest BCUT2D eigenvalue weighted by Gasteiger charge is -2.11. The smallest absolute Gasteiger partial charge is 0.246 e. The van der Waals surface area contributed by atoms with Gasteiger partial charge in [0.25, 0.3) is 0 Å². The molecule has 0 aliphatic heterocycles. The number of nitrogens with two attached hydrogens (primary N) is 1. The molecule has 5 heteroatoms. The molecule has 0 fully saturated rings. The second-order valence-electron chi connectivity index (χ2n) is 4.57. The molecular weight excluding hydrogens is 230 g/mol. The van der Waals surface area contributed by atoms with E-state index in [1.165, 1.54) is 0 Å². The molecule has 0 atom stereocenters. The van der Waals surface area contributed by atoms with Gasteiger partial charge in [-0.3, -0.25) is 0 Å². The van der Waals surface area contributed by atoms with Gasteiger partial charge in [0.1, 0.15) is 5.75 Å². The van der Waals surface area contributed by atoms with Gasteiger partial charge in [0.15, 0.2) is 0 Å².